The van der Waals surface area contributed by atoms with Crippen LogP contribution in [0.4, 0.5) is 10.1 Å². The van der Waals surface area contributed by atoms with E-state index in [0.29, 0.717) is 5.69 Å². The molecule has 3 nitrogen and oxygen atoms in total. The summed E-state index contributed by atoms with van der Waals surface area (Å²) in [5.74, 6) is -0.162. The Hall–Kier alpha value is -1.13. The monoisotopic (exact) mass is 291 g/mol. The standard InChI is InChI=1S/C17H26FN3/c18-16-6-2-3-7-17(16)19-9-13-20-12-8-15(14-20)21-10-4-1-5-11-21/h2-3,6-7,15,19H,1,4-5,8-14H2. The molecule has 0 aromatic heterocycles. The fourth-order valence-corrected chi connectivity index (χ4v) is 3.55. The summed E-state index contributed by atoms with van der Waals surface area (Å²) < 4.78 is 13.5. The van der Waals surface area contributed by atoms with Crippen LogP contribution in [0.3, 0.4) is 0 Å². The molecule has 1 N–H and O–H groups in total. The van der Waals surface area contributed by atoms with Crippen molar-refractivity contribution >= 4 is 5.69 Å². The normalized spacial score (nSPS) is 24.3. The molecule has 1 unspecified atom stereocenters. The van der Waals surface area contributed by atoms with Crippen molar-refractivity contribution in [1.29, 1.82) is 0 Å². The van der Waals surface area contributed by atoms with Crippen LogP contribution >= 0.6 is 0 Å². The number of nitrogens with one attached hydrogen (secondary N) is 1. The zero-order chi connectivity index (χ0) is 14.5. The first kappa shape index (κ1) is 14.8. The van der Waals surface area contributed by atoms with Crippen LogP contribution in [0.25, 0.3) is 0 Å². The van der Waals surface area contributed by atoms with E-state index in [4.69, 9.17) is 0 Å². The SMILES string of the molecule is Fc1ccccc1NCCN1CCC(N2CCCCC2)C1. The topological polar surface area (TPSA) is 18.5 Å². The average Bonchev–Trinajstić information content (AvgIpc) is 2.99. The summed E-state index contributed by atoms with van der Waals surface area (Å²) >= 11 is 0. The van der Waals surface area contributed by atoms with E-state index in [1.54, 1.807) is 12.1 Å². The van der Waals surface area contributed by atoms with Crippen LogP contribution in [-0.4, -0.2) is 55.1 Å². The first-order chi connectivity index (χ1) is 10.3. The minimum absolute atomic E-state index is 0.162. The molecular weight excluding hydrogens is 265 g/mol. The van der Waals surface area contributed by atoms with E-state index in [9.17, 15) is 4.39 Å². The van der Waals surface area contributed by atoms with Crippen molar-refractivity contribution in [3.05, 3.63) is 30.1 Å². The van der Waals surface area contributed by atoms with Gasteiger partial charge in [0.2, 0.25) is 0 Å². The minimum Gasteiger partial charge on any atom is -0.381 e. The Balaban J connectivity index is 1.40. The molecule has 2 aliphatic heterocycles. The summed E-state index contributed by atoms with van der Waals surface area (Å²) in [6.07, 6.45) is 5.43. The summed E-state index contributed by atoms with van der Waals surface area (Å²) in [6.45, 7) is 6.74. The molecule has 0 radical (unpaired) electrons. The van der Waals surface area contributed by atoms with Crippen molar-refractivity contribution in [1.82, 2.24) is 9.80 Å². The lowest BCUT2D eigenvalue weighted by Crippen LogP contribution is -2.41. The molecule has 1 aromatic carbocycles. The van der Waals surface area contributed by atoms with Crippen molar-refractivity contribution < 1.29 is 4.39 Å². The van der Waals surface area contributed by atoms with E-state index in [0.717, 1.165) is 19.1 Å². The minimum atomic E-state index is -0.162. The second kappa shape index (κ2) is 7.23. The number of halogens is 1. The molecule has 3 rings (SSSR count). The van der Waals surface area contributed by atoms with Gasteiger partial charge >= 0.3 is 0 Å². The maximum absolute atomic E-state index is 13.5. The van der Waals surface area contributed by atoms with Gasteiger partial charge < -0.3 is 5.32 Å². The summed E-state index contributed by atoms with van der Waals surface area (Å²) in [7, 11) is 0. The molecule has 2 saturated heterocycles. The first-order valence-corrected chi connectivity index (χ1v) is 8.28. The fourth-order valence-electron chi connectivity index (χ4n) is 3.55. The van der Waals surface area contributed by atoms with Gasteiger partial charge in [0.25, 0.3) is 0 Å². The van der Waals surface area contributed by atoms with Gasteiger partial charge in [0, 0.05) is 25.7 Å². The first-order valence-electron chi connectivity index (χ1n) is 8.28. The lowest BCUT2D eigenvalue weighted by Gasteiger charge is -2.32. The average molecular weight is 291 g/mol. The molecule has 2 fully saturated rings. The molecule has 0 aliphatic carbocycles. The van der Waals surface area contributed by atoms with E-state index in [-0.39, 0.29) is 5.82 Å². The highest BCUT2D eigenvalue weighted by molar-refractivity contribution is 5.44. The predicted octanol–water partition coefficient (Wildman–Crippen LogP) is 2.80. The smallest absolute Gasteiger partial charge is 0.146 e. The second-order valence-corrected chi connectivity index (χ2v) is 6.25. The second-order valence-electron chi connectivity index (χ2n) is 6.25. The van der Waals surface area contributed by atoms with Gasteiger partial charge in [0.15, 0.2) is 0 Å². The molecule has 2 aliphatic rings. The number of nitrogens with zero attached hydrogens (tertiary/aromatic N) is 2. The van der Waals surface area contributed by atoms with Gasteiger partial charge in [0.1, 0.15) is 5.82 Å². The highest BCUT2D eigenvalue weighted by Crippen LogP contribution is 2.20. The molecule has 4 heteroatoms. The van der Waals surface area contributed by atoms with Gasteiger partial charge in [-0.15, -0.1) is 0 Å². The van der Waals surface area contributed by atoms with Gasteiger partial charge in [-0.1, -0.05) is 18.6 Å². The lowest BCUT2D eigenvalue weighted by atomic mass is 10.1. The van der Waals surface area contributed by atoms with Crippen LogP contribution < -0.4 is 5.32 Å². The highest BCUT2D eigenvalue weighted by atomic mass is 19.1. The Morgan fingerprint density at radius 2 is 1.90 bits per heavy atom. The number of piperidine rings is 1. The Bertz CT molecular complexity index is 445. The van der Waals surface area contributed by atoms with Gasteiger partial charge in [-0.25, -0.2) is 4.39 Å². The van der Waals surface area contributed by atoms with Crippen LogP contribution in [-0.2, 0) is 0 Å². The number of rotatable bonds is 5. The molecule has 1 aromatic rings. The van der Waals surface area contributed by atoms with Crippen molar-refractivity contribution in [2.75, 3.05) is 44.6 Å². The predicted molar refractivity (Wildman–Crippen MR) is 85.2 cm³/mol. The van der Waals surface area contributed by atoms with Crippen molar-refractivity contribution in [3.63, 3.8) is 0 Å². The number of hydrogen-bond acceptors (Lipinski definition) is 3. The Morgan fingerprint density at radius 1 is 1.10 bits per heavy atom. The molecule has 0 spiro atoms. The number of benzene rings is 1. The van der Waals surface area contributed by atoms with Gasteiger partial charge in [-0.05, 0) is 51.0 Å². The van der Waals surface area contributed by atoms with Gasteiger partial charge in [-0.2, -0.15) is 0 Å². The summed E-state index contributed by atoms with van der Waals surface area (Å²) in [5.41, 5.74) is 0.615. The van der Waals surface area contributed by atoms with Crippen molar-refractivity contribution in [2.45, 2.75) is 31.7 Å². The zero-order valence-electron chi connectivity index (χ0n) is 12.7. The Kier molecular flexibility index (Phi) is 5.09. The summed E-state index contributed by atoms with van der Waals surface area (Å²) in [5, 5.41) is 3.20. The quantitative estimate of drug-likeness (QED) is 0.900. The van der Waals surface area contributed by atoms with E-state index in [2.05, 4.69) is 15.1 Å². The van der Waals surface area contributed by atoms with Gasteiger partial charge in [0.05, 0.1) is 5.69 Å². The molecule has 1 atom stereocenters. The summed E-state index contributed by atoms with van der Waals surface area (Å²) in [4.78, 5) is 5.18. The molecule has 0 saturated carbocycles. The largest absolute Gasteiger partial charge is 0.381 e. The molecule has 0 amide bonds. The highest BCUT2D eigenvalue weighted by Gasteiger charge is 2.27. The molecular formula is C17H26FN3. The van der Waals surface area contributed by atoms with Gasteiger partial charge in [-0.3, -0.25) is 9.80 Å². The molecule has 0 bridgehead atoms. The number of anilines is 1. The van der Waals surface area contributed by atoms with E-state index in [1.165, 1.54) is 57.9 Å². The summed E-state index contributed by atoms with van der Waals surface area (Å²) in [6, 6.07) is 7.65. The third-order valence-electron chi connectivity index (χ3n) is 4.77. The fraction of sp³-hybridized carbons (Fsp3) is 0.647. The van der Waals surface area contributed by atoms with Crippen LogP contribution in [0.2, 0.25) is 0 Å². The number of hydrogen-bond donors (Lipinski definition) is 1. The molecule has 116 valence electrons. The van der Waals surface area contributed by atoms with Crippen LogP contribution in [0.15, 0.2) is 24.3 Å². The maximum Gasteiger partial charge on any atom is 0.146 e. The number of likely N-dealkylation sites (tertiary alicyclic amines) is 2. The van der Waals surface area contributed by atoms with E-state index < -0.39 is 0 Å². The van der Waals surface area contributed by atoms with Crippen LogP contribution in [0, 0.1) is 5.82 Å². The van der Waals surface area contributed by atoms with Crippen molar-refractivity contribution in [3.8, 4) is 0 Å². The maximum atomic E-state index is 13.5. The number of para-hydroxylation sites is 1. The van der Waals surface area contributed by atoms with E-state index >= 15 is 0 Å². The Morgan fingerprint density at radius 3 is 2.71 bits per heavy atom. The van der Waals surface area contributed by atoms with Crippen molar-refractivity contribution in [2.24, 2.45) is 0 Å². The lowest BCUT2D eigenvalue weighted by molar-refractivity contribution is 0.163. The molecule has 2 heterocycles. The van der Waals surface area contributed by atoms with Crippen LogP contribution in [0.5, 0.6) is 0 Å². The van der Waals surface area contributed by atoms with Crippen LogP contribution in [0.1, 0.15) is 25.7 Å². The third kappa shape index (κ3) is 3.95. The Labute approximate surface area is 127 Å². The zero-order valence-corrected chi connectivity index (χ0v) is 12.7. The third-order valence-corrected chi connectivity index (χ3v) is 4.77. The molecule has 21 heavy (non-hydrogen) atoms. The van der Waals surface area contributed by atoms with E-state index in [1.807, 2.05) is 6.07 Å².